The zero-order valence-electron chi connectivity index (χ0n) is 12.5. The van der Waals surface area contributed by atoms with Crippen LogP contribution in [-0.2, 0) is 11.0 Å². The van der Waals surface area contributed by atoms with Gasteiger partial charge in [-0.3, -0.25) is 4.79 Å². The van der Waals surface area contributed by atoms with Gasteiger partial charge in [0.2, 0.25) is 5.91 Å². The Morgan fingerprint density at radius 1 is 1.21 bits per heavy atom. The molecule has 0 aliphatic heterocycles. The third-order valence-electron chi connectivity index (χ3n) is 3.11. The van der Waals surface area contributed by atoms with Gasteiger partial charge in [0.05, 0.1) is 21.5 Å². The van der Waals surface area contributed by atoms with Crippen molar-refractivity contribution < 1.29 is 18.0 Å². The molecule has 2 aromatic rings. The summed E-state index contributed by atoms with van der Waals surface area (Å²) in [5.41, 5.74) is 5.25. The van der Waals surface area contributed by atoms with Crippen molar-refractivity contribution in [1.82, 2.24) is 0 Å². The van der Waals surface area contributed by atoms with E-state index in [1.165, 1.54) is 11.8 Å². The summed E-state index contributed by atoms with van der Waals surface area (Å²) in [4.78, 5) is 13.0. The van der Waals surface area contributed by atoms with Crippen LogP contribution in [0.5, 0.6) is 0 Å². The molecule has 0 saturated carbocycles. The second-order valence-corrected chi connectivity index (χ2v) is 6.83. The smallest absolute Gasteiger partial charge is 0.399 e. The monoisotopic (exact) mass is 374 g/mol. The summed E-state index contributed by atoms with van der Waals surface area (Å²) in [7, 11) is 0. The Kier molecular flexibility index (Phi) is 5.66. The first-order valence-electron chi connectivity index (χ1n) is 6.86. The summed E-state index contributed by atoms with van der Waals surface area (Å²) in [6.45, 7) is 1.65. The molecule has 3 nitrogen and oxygen atoms in total. The van der Waals surface area contributed by atoms with E-state index in [1.54, 1.807) is 31.2 Å². The molecule has 0 saturated heterocycles. The fraction of sp³-hybridized carbons (Fsp3) is 0.188. The van der Waals surface area contributed by atoms with Crippen molar-refractivity contribution in [1.29, 1.82) is 0 Å². The van der Waals surface area contributed by atoms with E-state index < -0.39 is 22.9 Å². The number of nitrogen functional groups attached to an aromatic ring is 1. The van der Waals surface area contributed by atoms with Crippen LogP contribution in [0.2, 0.25) is 5.02 Å². The van der Waals surface area contributed by atoms with E-state index in [-0.39, 0.29) is 10.7 Å². The SMILES string of the molecule is CC(Sc1ccc(N)cc1)C(=O)Nc1cc(C(F)(F)F)ccc1Cl. The van der Waals surface area contributed by atoms with Crippen LogP contribution in [0.25, 0.3) is 0 Å². The van der Waals surface area contributed by atoms with Gasteiger partial charge >= 0.3 is 6.18 Å². The van der Waals surface area contributed by atoms with Gasteiger partial charge in [0, 0.05) is 10.6 Å². The molecular formula is C16H14ClF3N2OS. The maximum atomic E-state index is 12.7. The zero-order chi connectivity index (χ0) is 17.9. The maximum Gasteiger partial charge on any atom is 0.416 e. The van der Waals surface area contributed by atoms with Gasteiger partial charge < -0.3 is 11.1 Å². The van der Waals surface area contributed by atoms with Crippen LogP contribution >= 0.6 is 23.4 Å². The summed E-state index contributed by atoms with van der Waals surface area (Å²) >= 11 is 7.13. The average Bonchev–Trinajstić information content (AvgIpc) is 2.50. The first kappa shape index (κ1) is 18.5. The second-order valence-electron chi connectivity index (χ2n) is 5.01. The van der Waals surface area contributed by atoms with Crippen molar-refractivity contribution >= 4 is 40.6 Å². The summed E-state index contributed by atoms with van der Waals surface area (Å²) in [6.07, 6.45) is -4.51. The molecule has 1 amide bonds. The van der Waals surface area contributed by atoms with Gasteiger partial charge in [-0.15, -0.1) is 11.8 Å². The molecular weight excluding hydrogens is 361 g/mol. The molecule has 24 heavy (non-hydrogen) atoms. The number of carbonyl (C=O) groups is 1. The molecule has 0 aromatic heterocycles. The molecule has 8 heteroatoms. The number of amides is 1. The van der Waals surface area contributed by atoms with E-state index in [0.717, 1.165) is 23.1 Å². The topological polar surface area (TPSA) is 55.1 Å². The van der Waals surface area contributed by atoms with Crippen LogP contribution < -0.4 is 11.1 Å². The number of anilines is 2. The number of carbonyl (C=O) groups excluding carboxylic acids is 1. The lowest BCUT2D eigenvalue weighted by Gasteiger charge is -2.15. The van der Waals surface area contributed by atoms with Crippen molar-refractivity contribution in [3.63, 3.8) is 0 Å². The molecule has 0 radical (unpaired) electrons. The van der Waals surface area contributed by atoms with Gasteiger partial charge in [0.15, 0.2) is 0 Å². The quantitative estimate of drug-likeness (QED) is 0.581. The van der Waals surface area contributed by atoms with Crippen molar-refractivity contribution in [2.24, 2.45) is 0 Å². The largest absolute Gasteiger partial charge is 0.416 e. The molecule has 128 valence electrons. The Morgan fingerprint density at radius 2 is 1.83 bits per heavy atom. The lowest BCUT2D eigenvalue weighted by atomic mass is 10.2. The van der Waals surface area contributed by atoms with Gasteiger partial charge in [-0.2, -0.15) is 13.2 Å². The number of benzene rings is 2. The van der Waals surface area contributed by atoms with E-state index in [0.29, 0.717) is 5.69 Å². The highest BCUT2D eigenvalue weighted by Gasteiger charge is 2.31. The second kappa shape index (κ2) is 7.36. The van der Waals surface area contributed by atoms with Gasteiger partial charge in [0.1, 0.15) is 0 Å². The number of hydrogen-bond donors (Lipinski definition) is 2. The molecule has 1 unspecified atom stereocenters. The molecule has 1 atom stereocenters. The highest BCUT2D eigenvalue weighted by molar-refractivity contribution is 8.00. The maximum absolute atomic E-state index is 12.7. The predicted molar refractivity (Wildman–Crippen MR) is 91.3 cm³/mol. The molecule has 0 heterocycles. The van der Waals surface area contributed by atoms with Crippen molar-refractivity contribution in [3.05, 3.63) is 53.1 Å². The minimum Gasteiger partial charge on any atom is -0.399 e. The summed E-state index contributed by atoms with van der Waals surface area (Å²) in [5, 5.41) is 1.95. The highest BCUT2D eigenvalue weighted by Crippen LogP contribution is 2.34. The number of thioether (sulfide) groups is 1. The lowest BCUT2D eigenvalue weighted by Crippen LogP contribution is -2.22. The summed E-state index contributed by atoms with van der Waals surface area (Å²) in [6, 6.07) is 9.73. The van der Waals surface area contributed by atoms with Gasteiger partial charge in [0.25, 0.3) is 0 Å². The zero-order valence-corrected chi connectivity index (χ0v) is 14.1. The van der Waals surface area contributed by atoms with Crippen LogP contribution in [0.4, 0.5) is 24.5 Å². The Bertz CT molecular complexity index is 735. The molecule has 2 aromatic carbocycles. The number of halogens is 4. The third kappa shape index (κ3) is 4.82. The van der Waals surface area contributed by atoms with Crippen LogP contribution in [0.3, 0.4) is 0 Å². The summed E-state index contributed by atoms with van der Waals surface area (Å²) in [5.74, 6) is -0.446. The Hall–Kier alpha value is -1.86. The Morgan fingerprint density at radius 3 is 2.42 bits per heavy atom. The minimum atomic E-state index is -4.51. The fourth-order valence-corrected chi connectivity index (χ4v) is 2.87. The van der Waals surface area contributed by atoms with Crippen LogP contribution in [-0.4, -0.2) is 11.2 Å². The van der Waals surface area contributed by atoms with Crippen LogP contribution in [0, 0.1) is 0 Å². The van der Waals surface area contributed by atoms with E-state index >= 15 is 0 Å². The van der Waals surface area contributed by atoms with Crippen molar-refractivity contribution in [2.45, 2.75) is 23.2 Å². The molecule has 0 fully saturated rings. The van der Waals surface area contributed by atoms with E-state index in [2.05, 4.69) is 5.32 Å². The number of rotatable bonds is 4. The van der Waals surface area contributed by atoms with E-state index in [9.17, 15) is 18.0 Å². The number of nitrogens with two attached hydrogens (primary N) is 1. The molecule has 3 N–H and O–H groups in total. The standard InChI is InChI=1S/C16H14ClF3N2OS/c1-9(24-12-5-3-11(21)4-6-12)15(23)22-14-8-10(16(18,19)20)2-7-13(14)17/h2-9H,21H2,1H3,(H,22,23). The van der Waals surface area contributed by atoms with E-state index in [4.69, 9.17) is 17.3 Å². The summed E-state index contributed by atoms with van der Waals surface area (Å²) < 4.78 is 38.2. The average molecular weight is 375 g/mol. The number of nitrogens with one attached hydrogen (secondary N) is 1. The molecule has 0 spiro atoms. The van der Waals surface area contributed by atoms with E-state index in [1.807, 2.05) is 0 Å². The molecule has 0 aliphatic rings. The highest BCUT2D eigenvalue weighted by atomic mass is 35.5. The predicted octanol–water partition coefficient (Wildman–Crippen LogP) is 5.06. The van der Waals surface area contributed by atoms with Crippen molar-refractivity contribution in [3.8, 4) is 0 Å². The first-order valence-corrected chi connectivity index (χ1v) is 8.12. The number of hydrogen-bond acceptors (Lipinski definition) is 3. The van der Waals surface area contributed by atoms with Crippen LogP contribution in [0.1, 0.15) is 12.5 Å². The van der Waals surface area contributed by atoms with Crippen molar-refractivity contribution in [2.75, 3.05) is 11.1 Å². The fourth-order valence-electron chi connectivity index (χ4n) is 1.84. The minimum absolute atomic E-state index is 0.0426. The molecule has 2 rings (SSSR count). The normalized spacial score (nSPS) is 12.7. The van der Waals surface area contributed by atoms with Gasteiger partial charge in [-0.05, 0) is 49.4 Å². The molecule has 0 bridgehead atoms. The van der Waals surface area contributed by atoms with Gasteiger partial charge in [-0.25, -0.2) is 0 Å². The van der Waals surface area contributed by atoms with Gasteiger partial charge in [-0.1, -0.05) is 11.6 Å². The Balaban J connectivity index is 2.09. The lowest BCUT2D eigenvalue weighted by molar-refractivity contribution is -0.137. The van der Waals surface area contributed by atoms with Crippen LogP contribution in [0.15, 0.2) is 47.4 Å². The number of alkyl halides is 3. The third-order valence-corrected chi connectivity index (χ3v) is 4.56. The molecule has 0 aliphatic carbocycles. The first-order chi connectivity index (χ1) is 11.2. The Labute approximate surface area is 146 Å².